The molecule has 0 heterocycles. The Labute approximate surface area is 101 Å². The number of benzene rings is 1. The second-order valence-electron chi connectivity index (χ2n) is 3.31. The molecule has 0 spiro atoms. The highest BCUT2D eigenvalue weighted by Crippen LogP contribution is 2.25. The van der Waals surface area contributed by atoms with Crippen LogP contribution in [-0.2, 0) is 16.0 Å². The van der Waals surface area contributed by atoms with Crippen molar-refractivity contribution in [3.05, 3.63) is 44.0 Å². The van der Waals surface area contributed by atoms with Gasteiger partial charge in [-0.2, -0.15) is 0 Å². The fourth-order valence-corrected chi connectivity index (χ4v) is 1.35. The van der Waals surface area contributed by atoms with E-state index in [1.165, 1.54) is 6.07 Å². The third-order valence-electron chi connectivity index (χ3n) is 2.12. The van der Waals surface area contributed by atoms with Gasteiger partial charge >= 0.3 is 5.97 Å². The van der Waals surface area contributed by atoms with Crippen molar-refractivity contribution < 1.29 is 19.4 Å². The number of nitrogens with zero attached hydrogens (tertiary/aromatic N) is 2. The van der Waals surface area contributed by atoms with Crippen LogP contribution < -0.4 is 0 Å². The van der Waals surface area contributed by atoms with Crippen molar-refractivity contribution in [3.63, 3.8) is 0 Å². The summed E-state index contributed by atoms with van der Waals surface area (Å²) in [6.07, 6.45) is -0.290. The summed E-state index contributed by atoms with van der Waals surface area (Å²) in [6.45, 7) is 1.78. The Bertz CT molecular complexity index is 499. The van der Waals surface area contributed by atoms with Crippen molar-refractivity contribution in [3.8, 4) is 0 Å². The number of hydrogen-bond donors (Lipinski definition) is 0. The Hall–Kier alpha value is -2.51. The summed E-state index contributed by atoms with van der Waals surface area (Å²) >= 11 is 0. The highest BCUT2D eigenvalue weighted by Gasteiger charge is 2.21. The molecule has 0 aliphatic rings. The molecule has 0 radical (unpaired) electrons. The maximum Gasteiger partial charge on any atom is 0.310 e. The number of rotatable bonds is 5. The molecule has 1 aromatic carbocycles. The average molecular weight is 254 g/mol. The number of nitro groups is 2. The minimum absolute atomic E-state index is 0.0871. The van der Waals surface area contributed by atoms with Crippen LogP contribution in [0.25, 0.3) is 0 Å². The summed E-state index contributed by atoms with van der Waals surface area (Å²) in [4.78, 5) is 31.0. The molecule has 8 heteroatoms. The summed E-state index contributed by atoms with van der Waals surface area (Å²) in [7, 11) is 0. The summed E-state index contributed by atoms with van der Waals surface area (Å²) in [6, 6.07) is 3.13. The zero-order valence-electron chi connectivity index (χ0n) is 9.49. The lowest BCUT2D eigenvalue weighted by Crippen LogP contribution is -2.09. The van der Waals surface area contributed by atoms with Crippen LogP contribution in [0, 0.1) is 20.2 Å². The van der Waals surface area contributed by atoms with Gasteiger partial charge in [0.2, 0.25) is 0 Å². The number of hydrogen-bond acceptors (Lipinski definition) is 6. The molecule has 0 amide bonds. The van der Waals surface area contributed by atoms with E-state index in [9.17, 15) is 25.0 Å². The zero-order chi connectivity index (χ0) is 13.7. The van der Waals surface area contributed by atoms with E-state index in [4.69, 9.17) is 0 Å². The number of esters is 1. The van der Waals surface area contributed by atoms with Gasteiger partial charge in [-0.25, -0.2) is 0 Å². The Kier molecular flexibility index (Phi) is 4.30. The molecule has 0 atom stereocenters. The van der Waals surface area contributed by atoms with Crippen molar-refractivity contribution in [2.75, 3.05) is 6.61 Å². The minimum Gasteiger partial charge on any atom is -0.466 e. The summed E-state index contributed by atoms with van der Waals surface area (Å²) in [5.41, 5.74) is -0.768. The van der Waals surface area contributed by atoms with E-state index >= 15 is 0 Å². The summed E-state index contributed by atoms with van der Waals surface area (Å²) in [5, 5.41) is 21.3. The number of ether oxygens (including phenoxy) is 1. The van der Waals surface area contributed by atoms with Crippen molar-refractivity contribution in [1.82, 2.24) is 0 Å². The average Bonchev–Trinajstić information content (AvgIpc) is 2.29. The smallest absolute Gasteiger partial charge is 0.310 e. The molecule has 1 aromatic rings. The second-order valence-corrected chi connectivity index (χ2v) is 3.31. The molecule has 0 unspecified atom stereocenters. The minimum atomic E-state index is -0.762. The van der Waals surface area contributed by atoms with E-state index in [2.05, 4.69) is 4.74 Å². The maximum atomic E-state index is 11.2. The molecule has 0 saturated carbocycles. The quantitative estimate of drug-likeness (QED) is 0.448. The van der Waals surface area contributed by atoms with E-state index in [0.29, 0.717) is 0 Å². The molecule has 96 valence electrons. The zero-order valence-corrected chi connectivity index (χ0v) is 9.49. The highest BCUT2D eigenvalue weighted by atomic mass is 16.6. The highest BCUT2D eigenvalue weighted by molar-refractivity contribution is 5.74. The van der Waals surface area contributed by atoms with Crippen LogP contribution in [0.2, 0.25) is 0 Å². The third-order valence-corrected chi connectivity index (χ3v) is 2.12. The number of carbonyl (C=O) groups is 1. The predicted molar refractivity (Wildman–Crippen MR) is 60.1 cm³/mol. The Balaban J connectivity index is 3.08. The van der Waals surface area contributed by atoms with Gasteiger partial charge in [-0.1, -0.05) is 0 Å². The van der Waals surface area contributed by atoms with Crippen LogP contribution >= 0.6 is 0 Å². The Morgan fingerprint density at radius 2 is 1.94 bits per heavy atom. The predicted octanol–water partition coefficient (Wildman–Crippen LogP) is 1.61. The molecule has 0 aliphatic carbocycles. The van der Waals surface area contributed by atoms with Crippen LogP contribution in [-0.4, -0.2) is 22.4 Å². The fourth-order valence-electron chi connectivity index (χ4n) is 1.35. The van der Waals surface area contributed by atoms with Gasteiger partial charge in [0.15, 0.2) is 0 Å². The standard InChI is InChI=1S/C10H10N2O6/c1-2-18-10(13)5-7-3-4-8(11(14)15)6-9(7)12(16)17/h3-4,6H,2,5H2,1H3. The topological polar surface area (TPSA) is 113 Å². The van der Waals surface area contributed by atoms with Crippen molar-refractivity contribution in [2.24, 2.45) is 0 Å². The van der Waals surface area contributed by atoms with E-state index in [0.717, 1.165) is 12.1 Å². The van der Waals surface area contributed by atoms with Crippen LogP contribution in [0.4, 0.5) is 11.4 Å². The molecular weight excluding hydrogens is 244 g/mol. The van der Waals surface area contributed by atoms with Gasteiger partial charge in [-0.3, -0.25) is 25.0 Å². The molecule has 18 heavy (non-hydrogen) atoms. The summed E-state index contributed by atoms with van der Waals surface area (Å²) in [5.74, 6) is -0.616. The number of nitro benzene ring substituents is 2. The van der Waals surface area contributed by atoms with E-state index in [1.54, 1.807) is 6.92 Å². The number of non-ortho nitro benzene ring substituents is 1. The first-order valence-corrected chi connectivity index (χ1v) is 5.03. The van der Waals surface area contributed by atoms with Crippen LogP contribution in [0.1, 0.15) is 12.5 Å². The van der Waals surface area contributed by atoms with Gasteiger partial charge in [0.25, 0.3) is 11.4 Å². The van der Waals surface area contributed by atoms with Gasteiger partial charge in [0, 0.05) is 11.6 Å². The molecular formula is C10H10N2O6. The summed E-state index contributed by atoms with van der Waals surface area (Å²) < 4.78 is 4.66. The van der Waals surface area contributed by atoms with Gasteiger partial charge in [0.1, 0.15) is 0 Å². The van der Waals surface area contributed by atoms with Crippen molar-refractivity contribution >= 4 is 17.3 Å². The van der Waals surface area contributed by atoms with Gasteiger partial charge < -0.3 is 4.74 Å². The third kappa shape index (κ3) is 3.24. The normalized spacial score (nSPS) is 9.83. The molecule has 8 nitrogen and oxygen atoms in total. The van der Waals surface area contributed by atoms with Crippen LogP contribution in [0.3, 0.4) is 0 Å². The number of carbonyl (C=O) groups excluding carboxylic acids is 1. The molecule has 0 saturated heterocycles. The lowest BCUT2D eigenvalue weighted by atomic mass is 10.1. The SMILES string of the molecule is CCOC(=O)Cc1ccc([N+](=O)[O-])cc1[N+](=O)[O-]. The van der Waals surface area contributed by atoms with Crippen molar-refractivity contribution in [2.45, 2.75) is 13.3 Å². The van der Waals surface area contributed by atoms with Crippen molar-refractivity contribution in [1.29, 1.82) is 0 Å². The second kappa shape index (κ2) is 5.71. The van der Waals surface area contributed by atoms with Gasteiger partial charge in [0.05, 0.1) is 28.9 Å². The molecule has 1 rings (SSSR count). The monoisotopic (exact) mass is 254 g/mol. The lowest BCUT2D eigenvalue weighted by molar-refractivity contribution is -0.394. The first-order valence-electron chi connectivity index (χ1n) is 5.03. The van der Waals surface area contributed by atoms with E-state index in [1.807, 2.05) is 0 Å². The molecule has 0 aromatic heterocycles. The lowest BCUT2D eigenvalue weighted by Gasteiger charge is -2.03. The Morgan fingerprint density at radius 3 is 2.44 bits per heavy atom. The molecule has 0 fully saturated rings. The molecule has 0 aliphatic heterocycles. The fraction of sp³-hybridized carbons (Fsp3) is 0.300. The van der Waals surface area contributed by atoms with Crippen LogP contribution in [0.5, 0.6) is 0 Å². The van der Waals surface area contributed by atoms with E-state index < -0.39 is 27.2 Å². The van der Waals surface area contributed by atoms with Gasteiger partial charge in [-0.05, 0) is 13.0 Å². The largest absolute Gasteiger partial charge is 0.466 e. The first-order chi connectivity index (χ1) is 8.45. The Morgan fingerprint density at radius 1 is 1.28 bits per heavy atom. The van der Waals surface area contributed by atoms with Gasteiger partial charge in [-0.15, -0.1) is 0 Å². The molecule has 0 bridgehead atoms. The maximum absolute atomic E-state index is 11.2. The van der Waals surface area contributed by atoms with Crippen LogP contribution in [0.15, 0.2) is 18.2 Å². The van der Waals surface area contributed by atoms with E-state index in [-0.39, 0.29) is 18.6 Å². The first kappa shape index (κ1) is 13.6. The molecule has 0 N–H and O–H groups in total.